The summed E-state index contributed by atoms with van der Waals surface area (Å²) in [5.74, 6) is 1.000. The summed E-state index contributed by atoms with van der Waals surface area (Å²) >= 11 is 4.91. The van der Waals surface area contributed by atoms with E-state index in [4.69, 9.17) is 4.74 Å². The van der Waals surface area contributed by atoms with Crippen molar-refractivity contribution in [1.82, 2.24) is 0 Å². The highest BCUT2D eigenvalue weighted by Crippen LogP contribution is 2.39. The van der Waals surface area contributed by atoms with Crippen molar-refractivity contribution in [2.75, 3.05) is 5.32 Å². The fraction of sp³-hybridized carbons (Fsp3) is 0.368. The van der Waals surface area contributed by atoms with Gasteiger partial charge in [0, 0.05) is 9.35 Å². The molecule has 1 heterocycles. The highest BCUT2D eigenvalue weighted by molar-refractivity contribution is 9.10. The lowest BCUT2D eigenvalue weighted by Crippen LogP contribution is -2.30. The summed E-state index contributed by atoms with van der Waals surface area (Å²) in [6.45, 7) is 3.93. The largest absolute Gasteiger partial charge is 0.481 e. The lowest BCUT2D eigenvalue weighted by atomic mass is 9.88. The maximum absolute atomic E-state index is 12.5. The zero-order valence-corrected chi connectivity index (χ0v) is 16.5. The van der Waals surface area contributed by atoms with Gasteiger partial charge >= 0.3 is 0 Å². The molecule has 2 aromatic rings. The van der Waals surface area contributed by atoms with Gasteiger partial charge in [0.15, 0.2) is 6.10 Å². The van der Waals surface area contributed by atoms with Crippen LogP contribution >= 0.6 is 27.3 Å². The van der Waals surface area contributed by atoms with Crippen LogP contribution < -0.4 is 10.1 Å². The number of fused-ring (bicyclic) bond motifs is 1. The normalized spacial score (nSPS) is 17.3. The van der Waals surface area contributed by atoms with Crippen LogP contribution in [0.3, 0.4) is 0 Å². The average molecular weight is 419 g/mol. The van der Waals surface area contributed by atoms with E-state index in [1.54, 1.807) is 13.0 Å². The molecule has 3 rings (SSSR count). The molecule has 0 bridgehead atoms. The Morgan fingerprint density at radius 3 is 3.04 bits per heavy atom. The molecule has 0 fully saturated rings. The van der Waals surface area contributed by atoms with E-state index in [0.29, 0.717) is 22.2 Å². The third kappa shape index (κ3) is 4.05. The van der Waals surface area contributed by atoms with Crippen molar-refractivity contribution in [3.8, 4) is 11.8 Å². The summed E-state index contributed by atoms with van der Waals surface area (Å²) in [5, 5.41) is 13.1. The number of carbonyl (C=O) groups is 1. The fourth-order valence-corrected chi connectivity index (χ4v) is 4.71. The van der Waals surface area contributed by atoms with Gasteiger partial charge in [-0.3, -0.25) is 4.79 Å². The SMILES string of the molecule is C[C@H]1CCc2c(sc(NC(=O)[C@H](C)Oc3cccc(Br)c3)c2C#N)C1. The Hall–Kier alpha value is -1.84. The van der Waals surface area contributed by atoms with Crippen LogP contribution in [-0.2, 0) is 17.6 Å². The number of ether oxygens (including phenoxy) is 1. The zero-order valence-electron chi connectivity index (χ0n) is 14.1. The maximum atomic E-state index is 12.5. The second-order valence-corrected chi connectivity index (χ2v) is 8.40. The van der Waals surface area contributed by atoms with Crippen molar-refractivity contribution in [1.29, 1.82) is 5.26 Å². The Labute approximate surface area is 159 Å². The van der Waals surface area contributed by atoms with Crippen LogP contribution in [0.4, 0.5) is 5.00 Å². The monoisotopic (exact) mass is 418 g/mol. The summed E-state index contributed by atoms with van der Waals surface area (Å²) in [7, 11) is 0. The molecule has 0 spiro atoms. The molecule has 0 radical (unpaired) electrons. The average Bonchev–Trinajstić information content (AvgIpc) is 2.90. The van der Waals surface area contributed by atoms with Crippen molar-refractivity contribution in [3.63, 3.8) is 0 Å². The van der Waals surface area contributed by atoms with Crippen LogP contribution in [0.25, 0.3) is 0 Å². The molecule has 4 nitrogen and oxygen atoms in total. The third-order valence-electron chi connectivity index (χ3n) is 4.34. The molecule has 6 heteroatoms. The Morgan fingerprint density at radius 1 is 1.52 bits per heavy atom. The van der Waals surface area contributed by atoms with E-state index >= 15 is 0 Å². The standard InChI is InChI=1S/C19H19BrN2O2S/c1-11-6-7-15-16(10-21)19(25-17(15)8-11)22-18(23)12(2)24-14-5-3-4-13(20)9-14/h3-5,9,11-12H,6-8H2,1-2H3,(H,22,23)/t11-,12-/m0/s1. The minimum Gasteiger partial charge on any atom is -0.481 e. The quantitative estimate of drug-likeness (QED) is 0.766. The third-order valence-corrected chi connectivity index (χ3v) is 6.00. The van der Waals surface area contributed by atoms with Gasteiger partial charge in [-0.1, -0.05) is 28.9 Å². The van der Waals surface area contributed by atoms with Gasteiger partial charge in [0.25, 0.3) is 5.91 Å². The molecule has 25 heavy (non-hydrogen) atoms. The topological polar surface area (TPSA) is 62.1 Å². The van der Waals surface area contributed by atoms with Gasteiger partial charge in [-0.2, -0.15) is 5.26 Å². The van der Waals surface area contributed by atoms with Gasteiger partial charge in [-0.25, -0.2) is 0 Å². The van der Waals surface area contributed by atoms with E-state index in [2.05, 4.69) is 34.2 Å². The molecular formula is C19H19BrN2O2S. The van der Waals surface area contributed by atoms with E-state index < -0.39 is 6.10 Å². The number of carbonyl (C=O) groups excluding carboxylic acids is 1. The fourth-order valence-electron chi connectivity index (χ4n) is 2.97. The number of benzene rings is 1. The lowest BCUT2D eigenvalue weighted by Gasteiger charge is -2.17. The molecule has 0 aliphatic heterocycles. The molecule has 130 valence electrons. The summed E-state index contributed by atoms with van der Waals surface area (Å²) in [6, 6.07) is 9.64. The molecule has 2 atom stereocenters. The number of rotatable bonds is 4. The highest BCUT2D eigenvalue weighted by Gasteiger charge is 2.26. The van der Waals surface area contributed by atoms with E-state index in [1.165, 1.54) is 16.2 Å². The number of anilines is 1. The van der Waals surface area contributed by atoms with Gasteiger partial charge < -0.3 is 10.1 Å². The van der Waals surface area contributed by atoms with E-state index in [0.717, 1.165) is 29.3 Å². The Bertz CT molecular complexity index is 840. The molecule has 1 aliphatic carbocycles. The van der Waals surface area contributed by atoms with Crippen LogP contribution in [0.2, 0.25) is 0 Å². The van der Waals surface area contributed by atoms with Crippen molar-refractivity contribution < 1.29 is 9.53 Å². The Morgan fingerprint density at radius 2 is 2.32 bits per heavy atom. The highest BCUT2D eigenvalue weighted by atomic mass is 79.9. The first-order chi connectivity index (χ1) is 12.0. The first-order valence-electron chi connectivity index (χ1n) is 8.25. The number of halogens is 1. The van der Waals surface area contributed by atoms with Crippen LogP contribution in [0.5, 0.6) is 5.75 Å². The van der Waals surface area contributed by atoms with Gasteiger partial charge in [-0.05, 0) is 55.9 Å². The van der Waals surface area contributed by atoms with E-state index in [1.807, 2.05) is 18.2 Å². The van der Waals surface area contributed by atoms with Gasteiger partial charge in [0.1, 0.15) is 16.8 Å². The molecule has 1 aliphatic rings. The molecule has 0 saturated carbocycles. The van der Waals surface area contributed by atoms with E-state index in [9.17, 15) is 10.1 Å². The molecule has 0 saturated heterocycles. The second-order valence-electron chi connectivity index (χ2n) is 6.37. The van der Waals surface area contributed by atoms with Gasteiger partial charge in [0.2, 0.25) is 0 Å². The molecule has 1 N–H and O–H groups in total. The summed E-state index contributed by atoms with van der Waals surface area (Å²) < 4.78 is 6.59. The number of nitrogens with zero attached hydrogens (tertiary/aromatic N) is 1. The van der Waals surface area contributed by atoms with Crippen LogP contribution in [0, 0.1) is 17.2 Å². The lowest BCUT2D eigenvalue weighted by molar-refractivity contribution is -0.122. The summed E-state index contributed by atoms with van der Waals surface area (Å²) in [6.07, 6.45) is 2.33. The molecule has 1 aromatic heterocycles. The number of thiophene rings is 1. The number of nitrogens with one attached hydrogen (secondary N) is 1. The molecule has 0 unspecified atom stereocenters. The first kappa shape index (κ1) is 18.0. The van der Waals surface area contributed by atoms with Crippen molar-refractivity contribution in [3.05, 3.63) is 44.7 Å². The van der Waals surface area contributed by atoms with Crippen LogP contribution in [-0.4, -0.2) is 12.0 Å². The molecular weight excluding hydrogens is 400 g/mol. The first-order valence-corrected chi connectivity index (χ1v) is 9.86. The predicted octanol–water partition coefficient (Wildman–Crippen LogP) is 4.91. The van der Waals surface area contributed by atoms with E-state index in [-0.39, 0.29) is 5.91 Å². The smallest absolute Gasteiger partial charge is 0.265 e. The van der Waals surface area contributed by atoms with Gasteiger partial charge in [0.05, 0.1) is 5.56 Å². The predicted molar refractivity (Wildman–Crippen MR) is 103 cm³/mol. The second kappa shape index (κ2) is 7.59. The number of nitriles is 1. The number of hydrogen-bond acceptors (Lipinski definition) is 4. The van der Waals surface area contributed by atoms with Crippen LogP contribution in [0.15, 0.2) is 28.7 Å². The minimum atomic E-state index is -0.654. The van der Waals surface area contributed by atoms with Crippen molar-refractivity contribution >= 4 is 38.2 Å². The number of amides is 1. The minimum absolute atomic E-state index is 0.247. The Balaban J connectivity index is 1.73. The number of hydrogen-bond donors (Lipinski definition) is 1. The van der Waals surface area contributed by atoms with Gasteiger partial charge in [-0.15, -0.1) is 11.3 Å². The van der Waals surface area contributed by atoms with Crippen molar-refractivity contribution in [2.24, 2.45) is 5.92 Å². The molecule has 1 aromatic carbocycles. The van der Waals surface area contributed by atoms with Crippen molar-refractivity contribution in [2.45, 2.75) is 39.2 Å². The molecule has 1 amide bonds. The summed E-state index contributed by atoms with van der Waals surface area (Å²) in [5.41, 5.74) is 1.73. The maximum Gasteiger partial charge on any atom is 0.265 e. The Kier molecular flexibility index (Phi) is 5.45. The zero-order chi connectivity index (χ0) is 18.0. The summed E-state index contributed by atoms with van der Waals surface area (Å²) in [4.78, 5) is 13.7. The van der Waals surface area contributed by atoms with Crippen LogP contribution in [0.1, 0.15) is 36.3 Å².